The summed E-state index contributed by atoms with van der Waals surface area (Å²) in [7, 11) is 0. The van der Waals surface area contributed by atoms with E-state index < -0.39 is 18.1 Å². The average molecular weight is 288 g/mol. The first kappa shape index (κ1) is 18.9. The molecule has 5 N–H and O–H groups in total. The zero-order valence-electron chi connectivity index (χ0n) is 12.8. The maximum absolute atomic E-state index is 11.8. The summed E-state index contributed by atoms with van der Waals surface area (Å²) < 4.78 is 0. The van der Waals surface area contributed by atoms with Crippen molar-refractivity contribution >= 4 is 11.9 Å². The Labute approximate surface area is 120 Å². The van der Waals surface area contributed by atoms with Crippen molar-refractivity contribution < 1.29 is 19.8 Å². The monoisotopic (exact) mass is 288 g/mol. The Morgan fingerprint density at radius 1 is 1.25 bits per heavy atom. The summed E-state index contributed by atoms with van der Waals surface area (Å²) >= 11 is 0. The summed E-state index contributed by atoms with van der Waals surface area (Å²) in [6.07, 6.45) is 0.589. The standard InChI is InChI=1S/C14H28N2O4/c1-9(17)12(13(19)20)16-11(18)6-5-10(7-8-15)14(2,3)4/h9-10,12,17H,5-8,15H2,1-4H3,(H,16,18)(H,19,20). The van der Waals surface area contributed by atoms with Crippen molar-refractivity contribution in [1.29, 1.82) is 0 Å². The molecule has 0 rings (SSSR count). The molecule has 0 aliphatic heterocycles. The predicted molar refractivity (Wildman–Crippen MR) is 77.1 cm³/mol. The highest BCUT2D eigenvalue weighted by molar-refractivity contribution is 5.83. The molecule has 0 aromatic carbocycles. The fourth-order valence-electron chi connectivity index (χ4n) is 2.15. The number of carbonyl (C=O) groups excluding carboxylic acids is 1. The molecule has 0 saturated carbocycles. The van der Waals surface area contributed by atoms with Gasteiger partial charge in [-0.2, -0.15) is 0 Å². The number of aliphatic carboxylic acids is 1. The second kappa shape index (κ2) is 8.21. The number of hydrogen-bond acceptors (Lipinski definition) is 4. The summed E-state index contributed by atoms with van der Waals surface area (Å²) in [6.45, 7) is 8.20. The lowest BCUT2D eigenvalue weighted by molar-refractivity contribution is -0.144. The third-order valence-electron chi connectivity index (χ3n) is 3.52. The van der Waals surface area contributed by atoms with Gasteiger partial charge in [-0.1, -0.05) is 20.8 Å². The van der Waals surface area contributed by atoms with E-state index in [2.05, 4.69) is 26.1 Å². The quantitative estimate of drug-likeness (QED) is 0.526. The van der Waals surface area contributed by atoms with Crippen molar-refractivity contribution in [3.8, 4) is 0 Å². The Bertz CT molecular complexity index is 324. The second-order valence-corrected chi connectivity index (χ2v) is 6.30. The first-order valence-electron chi connectivity index (χ1n) is 7.00. The highest BCUT2D eigenvalue weighted by Gasteiger charge is 2.27. The summed E-state index contributed by atoms with van der Waals surface area (Å²) in [5, 5.41) is 20.5. The first-order chi connectivity index (χ1) is 9.09. The number of amides is 1. The maximum atomic E-state index is 11.8. The maximum Gasteiger partial charge on any atom is 0.328 e. The van der Waals surface area contributed by atoms with E-state index >= 15 is 0 Å². The molecule has 0 saturated heterocycles. The Hall–Kier alpha value is -1.14. The van der Waals surface area contributed by atoms with Gasteiger partial charge >= 0.3 is 5.97 Å². The molecule has 0 aliphatic carbocycles. The van der Waals surface area contributed by atoms with Crippen LogP contribution in [-0.2, 0) is 9.59 Å². The molecule has 1 amide bonds. The molecular weight excluding hydrogens is 260 g/mol. The van der Waals surface area contributed by atoms with Crippen LogP contribution in [0, 0.1) is 11.3 Å². The van der Waals surface area contributed by atoms with Crippen molar-refractivity contribution in [3.63, 3.8) is 0 Å². The fourth-order valence-corrected chi connectivity index (χ4v) is 2.15. The number of aliphatic hydroxyl groups is 1. The molecule has 118 valence electrons. The topological polar surface area (TPSA) is 113 Å². The van der Waals surface area contributed by atoms with Crippen molar-refractivity contribution in [2.45, 2.75) is 59.1 Å². The molecule has 0 aliphatic rings. The first-order valence-corrected chi connectivity index (χ1v) is 7.00. The molecule has 0 bridgehead atoms. The molecule has 0 aromatic rings. The van der Waals surface area contributed by atoms with Gasteiger partial charge in [0.05, 0.1) is 6.10 Å². The number of carbonyl (C=O) groups is 2. The molecule has 3 atom stereocenters. The van der Waals surface area contributed by atoms with Gasteiger partial charge in [-0.15, -0.1) is 0 Å². The summed E-state index contributed by atoms with van der Waals surface area (Å²) in [4.78, 5) is 22.7. The highest BCUT2D eigenvalue weighted by atomic mass is 16.4. The van der Waals surface area contributed by atoms with E-state index in [4.69, 9.17) is 10.8 Å². The van der Waals surface area contributed by atoms with Crippen LogP contribution in [0.25, 0.3) is 0 Å². The SMILES string of the molecule is CC(O)C(NC(=O)CCC(CCN)C(C)(C)C)C(=O)O. The number of nitrogens with two attached hydrogens (primary N) is 1. The van der Waals surface area contributed by atoms with Crippen molar-refractivity contribution in [2.24, 2.45) is 17.1 Å². The van der Waals surface area contributed by atoms with Gasteiger partial charge in [-0.05, 0) is 37.6 Å². The molecule has 6 heteroatoms. The van der Waals surface area contributed by atoms with Crippen LogP contribution in [0.2, 0.25) is 0 Å². The molecule has 6 nitrogen and oxygen atoms in total. The van der Waals surface area contributed by atoms with Gasteiger partial charge in [0.2, 0.25) is 5.91 Å². The van der Waals surface area contributed by atoms with Gasteiger partial charge in [0.25, 0.3) is 0 Å². The van der Waals surface area contributed by atoms with E-state index in [0.29, 0.717) is 18.9 Å². The fraction of sp³-hybridized carbons (Fsp3) is 0.857. The lowest BCUT2D eigenvalue weighted by Gasteiger charge is -2.30. The molecule has 0 radical (unpaired) electrons. The largest absolute Gasteiger partial charge is 0.480 e. The van der Waals surface area contributed by atoms with Gasteiger partial charge in [0.1, 0.15) is 0 Å². The van der Waals surface area contributed by atoms with Crippen molar-refractivity contribution in [2.75, 3.05) is 6.54 Å². The van der Waals surface area contributed by atoms with E-state index in [1.807, 2.05) is 0 Å². The molecule has 0 spiro atoms. The predicted octanol–water partition coefficient (Wildman–Crippen LogP) is 0.728. The molecule has 20 heavy (non-hydrogen) atoms. The highest BCUT2D eigenvalue weighted by Crippen LogP contribution is 2.31. The van der Waals surface area contributed by atoms with E-state index in [0.717, 1.165) is 6.42 Å². The normalized spacial score (nSPS) is 16.3. The van der Waals surface area contributed by atoms with Crippen LogP contribution in [0.5, 0.6) is 0 Å². The second-order valence-electron chi connectivity index (χ2n) is 6.30. The van der Waals surface area contributed by atoms with Crippen molar-refractivity contribution in [3.05, 3.63) is 0 Å². The van der Waals surface area contributed by atoms with Crippen LogP contribution in [0.1, 0.15) is 47.0 Å². The van der Waals surface area contributed by atoms with Gasteiger partial charge in [0, 0.05) is 6.42 Å². The van der Waals surface area contributed by atoms with Gasteiger partial charge in [-0.25, -0.2) is 4.79 Å². The minimum absolute atomic E-state index is 0.0517. The van der Waals surface area contributed by atoms with Crippen LogP contribution in [-0.4, -0.2) is 40.8 Å². The molecule has 0 fully saturated rings. The zero-order chi connectivity index (χ0) is 15.9. The van der Waals surface area contributed by atoms with E-state index in [1.54, 1.807) is 0 Å². The Morgan fingerprint density at radius 2 is 1.80 bits per heavy atom. The average Bonchev–Trinajstić information content (AvgIpc) is 2.29. The summed E-state index contributed by atoms with van der Waals surface area (Å²) in [5.41, 5.74) is 5.63. The number of carboxylic acid groups (broad SMARTS) is 1. The Balaban J connectivity index is 4.42. The third-order valence-corrected chi connectivity index (χ3v) is 3.52. The lowest BCUT2D eigenvalue weighted by atomic mass is 9.76. The molecule has 3 unspecified atom stereocenters. The lowest BCUT2D eigenvalue weighted by Crippen LogP contribution is -2.47. The molecular formula is C14H28N2O4. The number of rotatable bonds is 8. The van der Waals surface area contributed by atoms with Gasteiger partial charge < -0.3 is 21.3 Å². The number of aliphatic hydroxyl groups excluding tert-OH is 1. The van der Waals surface area contributed by atoms with Crippen molar-refractivity contribution in [1.82, 2.24) is 5.32 Å². The van der Waals surface area contributed by atoms with E-state index in [-0.39, 0.29) is 17.7 Å². The number of nitrogens with one attached hydrogen (secondary N) is 1. The van der Waals surface area contributed by atoms with Gasteiger partial charge in [0.15, 0.2) is 6.04 Å². The van der Waals surface area contributed by atoms with Crippen LogP contribution >= 0.6 is 0 Å². The zero-order valence-corrected chi connectivity index (χ0v) is 12.8. The Kier molecular flexibility index (Phi) is 7.75. The summed E-state index contributed by atoms with van der Waals surface area (Å²) in [6, 6.07) is -1.26. The minimum atomic E-state index is -1.26. The van der Waals surface area contributed by atoms with Gasteiger partial charge in [-0.3, -0.25) is 4.79 Å². The van der Waals surface area contributed by atoms with Crippen LogP contribution in [0.3, 0.4) is 0 Å². The number of hydrogen-bond donors (Lipinski definition) is 4. The van der Waals surface area contributed by atoms with Crippen LogP contribution in [0.15, 0.2) is 0 Å². The molecule has 0 aromatic heterocycles. The molecule has 0 heterocycles. The number of carboxylic acids is 1. The van der Waals surface area contributed by atoms with E-state index in [1.165, 1.54) is 6.92 Å². The summed E-state index contributed by atoms with van der Waals surface area (Å²) in [5.74, 6) is -1.29. The van der Waals surface area contributed by atoms with Crippen LogP contribution in [0.4, 0.5) is 0 Å². The van der Waals surface area contributed by atoms with Crippen LogP contribution < -0.4 is 11.1 Å². The smallest absolute Gasteiger partial charge is 0.328 e. The minimum Gasteiger partial charge on any atom is -0.480 e. The third kappa shape index (κ3) is 6.86. The van der Waals surface area contributed by atoms with E-state index in [9.17, 15) is 14.7 Å². The Morgan fingerprint density at radius 3 is 2.15 bits per heavy atom.